The number of rotatable bonds is 4. The number of alkyl halides is 3. The molecular weight excluding hydrogens is 279 g/mol. The largest absolute Gasteiger partial charge is 0.469 e. The SMILES string of the molecule is COC(=O)C[C@H](c1cnc(C)s1)C1(C(F)(F)F)CC1. The number of esters is 1. The minimum Gasteiger partial charge on any atom is -0.469 e. The van der Waals surface area contributed by atoms with Crippen LogP contribution in [0.3, 0.4) is 0 Å². The van der Waals surface area contributed by atoms with E-state index in [-0.39, 0.29) is 19.3 Å². The van der Waals surface area contributed by atoms with Gasteiger partial charge in [-0.2, -0.15) is 13.2 Å². The Morgan fingerprint density at radius 2 is 2.21 bits per heavy atom. The number of hydrogen-bond donors (Lipinski definition) is 0. The first kappa shape index (κ1) is 14.3. The van der Waals surface area contributed by atoms with E-state index < -0.39 is 23.5 Å². The van der Waals surface area contributed by atoms with Crippen LogP contribution in [-0.2, 0) is 9.53 Å². The van der Waals surface area contributed by atoms with E-state index in [1.807, 2.05) is 0 Å². The molecule has 1 saturated carbocycles. The van der Waals surface area contributed by atoms with Gasteiger partial charge in [-0.1, -0.05) is 0 Å². The Labute approximate surface area is 112 Å². The van der Waals surface area contributed by atoms with Crippen molar-refractivity contribution in [1.82, 2.24) is 4.98 Å². The summed E-state index contributed by atoms with van der Waals surface area (Å²) in [5.41, 5.74) is -1.78. The number of halogens is 3. The zero-order valence-electron chi connectivity index (χ0n) is 10.6. The van der Waals surface area contributed by atoms with Crippen LogP contribution in [0.2, 0.25) is 0 Å². The first-order valence-corrected chi connectivity index (χ1v) is 6.67. The van der Waals surface area contributed by atoms with Crippen molar-refractivity contribution in [2.75, 3.05) is 7.11 Å². The van der Waals surface area contributed by atoms with Crippen molar-refractivity contribution in [2.45, 2.75) is 38.3 Å². The van der Waals surface area contributed by atoms with Gasteiger partial charge in [-0.15, -0.1) is 11.3 Å². The summed E-state index contributed by atoms with van der Waals surface area (Å²) in [6.45, 7) is 1.73. The number of aryl methyl sites for hydroxylation is 1. The number of aromatic nitrogens is 1. The number of methoxy groups -OCH3 is 1. The van der Waals surface area contributed by atoms with Crippen molar-refractivity contribution >= 4 is 17.3 Å². The quantitative estimate of drug-likeness (QED) is 0.798. The van der Waals surface area contributed by atoms with Gasteiger partial charge < -0.3 is 4.74 Å². The predicted molar refractivity (Wildman–Crippen MR) is 63.9 cm³/mol. The van der Waals surface area contributed by atoms with E-state index >= 15 is 0 Å². The molecule has 3 nitrogen and oxygen atoms in total. The summed E-state index contributed by atoms with van der Waals surface area (Å²) < 4.78 is 44.2. The lowest BCUT2D eigenvalue weighted by Crippen LogP contribution is -2.32. The van der Waals surface area contributed by atoms with E-state index in [4.69, 9.17) is 0 Å². The number of hydrogen-bond acceptors (Lipinski definition) is 4. The molecule has 1 atom stereocenters. The molecule has 0 unspecified atom stereocenters. The Hall–Kier alpha value is -1.11. The highest BCUT2D eigenvalue weighted by Gasteiger charge is 2.67. The second kappa shape index (κ2) is 4.77. The average Bonchev–Trinajstić information content (AvgIpc) is 3.03. The smallest absolute Gasteiger partial charge is 0.395 e. The lowest BCUT2D eigenvalue weighted by Gasteiger charge is -2.27. The maximum atomic E-state index is 13.2. The fourth-order valence-corrected chi connectivity index (χ4v) is 3.32. The molecule has 0 aromatic carbocycles. The van der Waals surface area contributed by atoms with Crippen LogP contribution in [0.4, 0.5) is 13.2 Å². The Balaban J connectivity index is 2.33. The predicted octanol–water partition coefficient (Wildman–Crippen LogP) is 3.44. The van der Waals surface area contributed by atoms with Crippen molar-refractivity contribution in [2.24, 2.45) is 5.41 Å². The second-order valence-corrected chi connectivity index (χ2v) is 6.03. The Morgan fingerprint density at radius 3 is 2.58 bits per heavy atom. The molecule has 1 aliphatic rings. The van der Waals surface area contributed by atoms with Gasteiger partial charge in [-0.05, 0) is 19.8 Å². The molecular formula is C12H14F3NO2S. The summed E-state index contributed by atoms with van der Waals surface area (Å²) in [5, 5.41) is 0.697. The van der Waals surface area contributed by atoms with Gasteiger partial charge in [-0.25, -0.2) is 4.98 Å². The third-order valence-electron chi connectivity index (χ3n) is 3.60. The molecule has 0 aliphatic heterocycles. The molecule has 7 heteroatoms. The summed E-state index contributed by atoms with van der Waals surface area (Å²) in [5.74, 6) is -1.50. The normalized spacial score (nSPS) is 19.0. The van der Waals surface area contributed by atoms with Crippen molar-refractivity contribution in [3.05, 3.63) is 16.1 Å². The number of thiazole rings is 1. The van der Waals surface area contributed by atoms with Gasteiger partial charge >= 0.3 is 12.1 Å². The number of carbonyl (C=O) groups is 1. The summed E-state index contributed by atoms with van der Waals surface area (Å²) in [4.78, 5) is 15.9. The van der Waals surface area contributed by atoms with Crippen LogP contribution >= 0.6 is 11.3 Å². The van der Waals surface area contributed by atoms with Crippen LogP contribution in [0.25, 0.3) is 0 Å². The zero-order chi connectivity index (χ0) is 14.3. The maximum absolute atomic E-state index is 13.2. The van der Waals surface area contributed by atoms with Crippen LogP contribution < -0.4 is 0 Å². The number of ether oxygens (including phenoxy) is 1. The van der Waals surface area contributed by atoms with Crippen LogP contribution in [0.15, 0.2) is 6.20 Å². The molecule has 19 heavy (non-hydrogen) atoms. The van der Waals surface area contributed by atoms with Crippen LogP contribution in [0, 0.1) is 12.3 Å². The van der Waals surface area contributed by atoms with Gasteiger partial charge in [0, 0.05) is 17.0 Å². The Morgan fingerprint density at radius 1 is 1.58 bits per heavy atom. The topological polar surface area (TPSA) is 39.2 Å². The first-order chi connectivity index (χ1) is 8.80. The molecule has 2 rings (SSSR count). The molecule has 0 N–H and O–H groups in total. The van der Waals surface area contributed by atoms with Gasteiger partial charge in [0.2, 0.25) is 0 Å². The van der Waals surface area contributed by atoms with Gasteiger partial charge in [0.1, 0.15) is 0 Å². The van der Waals surface area contributed by atoms with Gasteiger partial charge in [0.05, 0.1) is 24.0 Å². The third-order valence-corrected chi connectivity index (χ3v) is 4.63. The maximum Gasteiger partial charge on any atom is 0.395 e. The lowest BCUT2D eigenvalue weighted by molar-refractivity contribution is -0.195. The fourth-order valence-electron chi connectivity index (χ4n) is 2.32. The second-order valence-electron chi connectivity index (χ2n) is 4.77. The summed E-state index contributed by atoms with van der Waals surface area (Å²) in [7, 11) is 1.18. The van der Waals surface area contributed by atoms with Crippen LogP contribution in [-0.4, -0.2) is 24.2 Å². The highest BCUT2D eigenvalue weighted by Crippen LogP contribution is 2.66. The molecule has 1 heterocycles. The fraction of sp³-hybridized carbons (Fsp3) is 0.667. The van der Waals surface area contributed by atoms with Crippen molar-refractivity contribution in [1.29, 1.82) is 0 Å². The van der Waals surface area contributed by atoms with Crippen molar-refractivity contribution in [3.63, 3.8) is 0 Å². The monoisotopic (exact) mass is 293 g/mol. The van der Waals surface area contributed by atoms with Crippen molar-refractivity contribution in [3.8, 4) is 0 Å². The number of carbonyl (C=O) groups excluding carboxylic acids is 1. The molecule has 0 saturated heterocycles. The van der Waals surface area contributed by atoms with Gasteiger partial charge in [0.15, 0.2) is 0 Å². The van der Waals surface area contributed by atoms with E-state index in [1.54, 1.807) is 6.92 Å². The molecule has 106 valence electrons. The summed E-state index contributed by atoms with van der Waals surface area (Å²) in [6.07, 6.45) is -2.98. The molecule has 0 radical (unpaired) electrons. The van der Waals surface area contributed by atoms with E-state index in [2.05, 4.69) is 9.72 Å². The molecule has 1 fully saturated rings. The minimum absolute atomic E-state index is 0.0646. The lowest BCUT2D eigenvalue weighted by atomic mass is 9.84. The molecule has 1 aliphatic carbocycles. The van der Waals surface area contributed by atoms with Crippen LogP contribution in [0.1, 0.15) is 35.1 Å². The average molecular weight is 293 g/mol. The minimum atomic E-state index is -4.30. The number of nitrogens with zero attached hydrogens (tertiary/aromatic N) is 1. The molecule has 1 aromatic rings. The Kier molecular flexibility index (Phi) is 3.59. The zero-order valence-corrected chi connectivity index (χ0v) is 11.4. The van der Waals surface area contributed by atoms with E-state index in [1.165, 1.54) is 24.6 Å². The highest BCUT2D eigenvalue weighted by molar-refractivity contribution is 7.11. The van der Waals surface area contributed by atoms with Gasteiger partial charge in [0.25, 0.3) is 0 Å². The van der Waals surface area contributed by atoms with E-state index in [0.717, 1.165) is 0 Å². The highest BCUT2D eigenvalue weighted by atomic mass is 32.1. The molecule has 0 spiro atoms. The van der Waals surface area contributed by atoms with Crippen molar-refractivity contribution < 1.29 is 22.7 Å². The van der Waals surface area contributed by atoms with E-state index in [9.17, 15) is 18.0 Å². The standard InChI is InChI=1S/C12H14F3NO2S/c1-7-16-6-9(19-7)8(5-10(17)18-2)11(3-4-11)12(13,14)15/h6,8H,3-5H2,1-2H3/t8-/m1/s1. The molecule has 0 amide bonds. The van der Waals surface area contributed by atoms with Crippen LogP contribution in [0.5, 0.6) is 0 Å². The summed E-state index contributed by atoms with van der Waals surface area (Å²) in [6, 6.07) is 0. The third kappa shape index (κ3) is 2.61. The Bertz CT molecular complexity index is 480. The van der Waals surface area contributed by atoms with E-state index in [0.29, 0.717) is 9.88 Å². The molecule has 1 aromatic heterocycles. The summed E-state index contributed by atoms with van der Waals surface area (Å²) >= 11 is 1.21. The molecule has 0 bridgehead atoms. The van der Waals surface area contributed by atoms with Gasteiger partial charge in [-0.3, -0.25) is 4.79 Å². The first-order valence-electron chi connectivity index (χ1n) is 5.86.